The van der Waals surface area contributed by atoms with Crippen LogP contribution in [0.1, 0.15) is 40.5 Å². The fourth-order valence-corrected chi connectivity index (χ4v) is 2.52. The van der Waals surface area contributed by atoms with E-state index in [0.29, 0.717) is 17.2 Å². The van der Waals surface area contributed by atoms with Gasteiger partial charge in [0.05, 0.1) is 0 Å². The maximum atomic E-state index is 14.4. The van der Waals surface area contributed by atoms with Crippen LogP contribution < -0.4 is 0 Å². The Kier molecular flexibility index (Phi) is 6.74. The third-order valence-corrected chi connectivity index (χ3v) is 3.68. The third-order valence-electron chi connectivity index (χ3n) is 3.68. The molecule has 1 aliphatic rings. The first-order valence-corrected chi connectivity index (χ1v) is 7.48. The van der Waals surface area contributed by atoms with Gasteiger partial charge in [0.1, 0.15) is 0 Å². The van der Waals surface area contributed by atoms with Gasteiger partial charge in [0, 0.05) is 0 Å². The molecule has 0 aromatic carbocycles. The molecule has 0 spiro atoms. The van der Waals surface area contributed by atoms with E-state index in [9.17, 15) is 4.39 Å². The molecule has 0 aromatic rings. The summed E-state index contributed by atoms with van der Waals surface area (Å²) in [5.74, 6) is 1.71. The minimum absolute atomic E-state index is 0.273. The van der Waals surface area contributed by atoms with Crippen molar-refractivity contribution in [2.24, 2.45) is 10.9 Å². The van der Waals surface area contributed by atoms with Crippen LogP contribution in [-0.4, -0.2) is 26.2 Å². The molecule has 0 atom stereocenters. The standard InChI is InChI=1S/C18H25BFN/c1-6-14-10-15(7-8-16(14)9-12(2)3)13(4)18(20)17(11-19)21-5/h6,9-12,19H,7-8H2,1-5H3/b14-6-,16-9-,18-13-,21-17-. The number of hydrogen-bond donors (Lipinski definition) is 0. The number of rotatable bonds is 4. The van der Waals surface area contributed by atoms with Crippen molar-refractivity contribution in [1.82, 2.24) is 0 Å². The Labute approximate surface area is 129 Å². The first-order valence-electron chi connectivity index (χ1n) is 7.48. The Balaban J connectivity index is 3.20. The molecular weight excluding hydrogens is 260 g/mol. The number of halogens is 1. The molecule has 0 heterocycles. The van der Waals surface area contributed by atoms with E-state index >= 15 is 0 Å². The topological polar surface area (TPSA) is 12.4 Å². The van der Waals surface area contributed by atoms with E-state index in [0.717, 1.165) is 18.4 Å². The molecule has 0 radical (unpaired) electrons. The average Bonchev–Trinajstić information content (AvgIpc) is 2.47. The molecule has 0 fully saturated rings. The van der Waals surface area contributed by atoms with Gasteiger partial charge >= 0.3 is 128 Å². The van der Waals surface area contributed by atoms with Gasteiger partial charge in [0.15, 0.2) is 0 Å². The first kappa shape index (κ1) is 17.5. The number of aliphatic imine (C=N–C) groups is 1. The van der Waals surface area contributed by atoms with Crippen LogP contribution in [0, 0.1) is 5.92 Å². The Morgan fingerprint density at radius 1 is 1.38 bits per heavy atom. The molecular formula is C18H25BFN. The van der Waals surface area contributed by atoms with Crippen LogP contribution in [-0.2, 0) is 0 Å². The van der Waals surface area contributed by atoms with Crippen LogP contribution >= 0.6 is 0 Å². The van der Waals surface area contributed by atoms with Crippen molar-refractivity contribution in [2.45, 2.75) is 40.5 Å². The van der Waals surface area contributed by atoms with E-state index in [4.69, 9.17) is 0 Å². The third kappa shape index (κ3) is 4.49. The first-order chi connectivity index (χ1) is 9.94. The van der Waals surface area contributed by atoms with Crippen molar-refractivity contribution < 1.29 is 4.39 Å². The van der Waals surface area contributed by atoms with Crippen LogP contribution in [0.15, 0.2) is 51.3 Å². The SMILES string of the molecule is B=CC(=N/C)/C(F)=C(\C)C1=CC(=C/C)/C(=C\C(C)C)CC1. The van der Waals surface area contributed by atoms with Gasteiger partial charge in [-0.2, -0.15) is 0 Å². The van der Waals surface area contributed by atoms with E-state index in [1.807, 2.05) is 13.8 Å². The molecule has 1 aliphatic carbocycles. The number of hydrogen-bond acceptors (Lipinski definition) is 1. The monoisotopic (exact) mass is 285 g/mol. The molecule has 0 aromatic heterocycles. The predicted molar refractivity (Wildman–Crippen MR) is 94.4 cm³/mol. The average molecular weight is 285 g/mol. The quantitative estimate of drug-likeness (QED) is 0.541. The molecule has 3 heteroatoms. The molecule has 0 N–H and O–H groups in total. The maximum absolute atomic E-state index is 14.4. The zero-order valence-corrected chi connectivity index (χ0v) is 13.8. The fourth-order valence-electron chi connectivity index (χ4n) is 2.52. The van der Waals surface area contributed by atoms with Gasteiger partial charge in [0.2, 0.25) is 0 Å². The summed E-state index contributed by atoms with van der Waals surface area (Å²) in [6, 6.07) is 0. The van der Waals surface area contributed by atoms with E-state index in [1.54, 1.807) is 7.05 Å². The van der Waals surface area contributed by atoms with Crippen LogP contribution in [0.4, 0.5) is 4.39 Å². The van der Waals surface area contributed by atoms with Gasteiger partial charge in [-0.25, -0.2) is 0 Å². The van der Waals surface area contributed by atoms with Crippen molar-refractivity contribution in [1.29, 1.82) is 0 Å². The second-order valence-electron chi connectivity index (χ2n) is 5.60. The van der Waals surface area contributed by atoms with Crippen LogP contribution in [0.3, 0.4) is 0 Å². The summed E-state index contributed by atoms with van der Waals surface area (Å²) in [6.07, 6.45) is 8.31. The minimum atomic E-state index is -0.273. The molecule has 0 bridgehead atoms. The molecule has 1 rings (SSSR count). The molecule has 112 valence electrons. The van der Waals surface area contributed by atoms with E-state index in [2.05, 4.69) is 44.6 Å². The Hall–Kier alpha value is -1.51. The van der Waals surface area contributed by atoms with Gasteiger partial charge in [-0.1, -0.05) is 0 Å². The van der Waals surface area contributed by atoms with E-state index in [-0.39, 0.29) is 5.83 Å². The molecule has 0 saturated carbocycles. The zero-order chi connectivity index (χ0) is 16.0. The molecule has 1 nitrogen and oxygen atoms in total. The zero-order valence-electron chi connectivity index (χ0n) is 13.8. The summed E-state index contributed by atoms with van der Waals surface area (Å²) in [4.78, 5) is 3.93. The fraction of sp³-hybridized carbons (Fsp3) is 0.444. The molecule has 0 unspecified atom stereocenters. The van der Waals surface area contributed by atoms with Crippen molar-refractivity contribution in [2.75, 3.05) is 7.05 Å². The summed E-state index contributed by atoms with van der Waals surface area (Å²) in [7, 11) is 5.19. The molecule has 0 saturated heterocycles. The van der Waals surface area contributed by atoms with Crippen molar-refractivity contribution in [3.05, 3.63) is 46.3 Å². The van der Waals surface area contributed by atoms with Crippen LogP contribution in [0.25, 0.3) is 0 Å². The summed E-state index contributed by atoms with van der Waals surface area (Å²) < 4.78 is 14.4. The van der Waals surface area contributed by atoms with Gasteiger partial charge in [-0.05, 0) is 0 Å². The van der Waals surface area contributed by atoms with Gasteiger partial charge < -0.3 is 0 Å². The normalized spacial score (nSPS) is 21.6. The molecule has 0 aliphatic heterocycles. The van der Waals surface area contributed by atoms with Crippen LogP contribution in [0.2, 0.25) is 0 Å². The molecule has 21 heavy (non-hydrogen) atoms. The van der Waals surface area contributed by atoms with Gasteiger partial charge in [-0.3, -0.25) is 0 Å². The Morgan fingerprint density at radius 3 is 2.52 bits per heavy atom. The Morgan fingerprint density at radius 2 is 2.05 bits per heavy atom. The summed E-state index contributed by atoms with van der Waals surface area (Å²) >= 11 is 0. The van der Waals surface area contributed by atoms with E-state index < -0.39 is 0 Å². The number of nitrogens with zero attached hydrogens (tertiary/aromatic N) is 1. The van der Waals surface area contributed by atoms with Crippen molar-refractivity contribution in [3.63, 3.8) is 0 Å². The second kappa shape index (κ2) is 8.06. The number of allylic oxidation sites excluding steroid dienone is 8. The Bertz CT molecular complexity index is 560. The van der Waals surface area contributed by atoms with E-state index in [1.165, 1.54) is 17.1 Å². The predicted octanol–water partition coefficient (Wildman–Crippen LogP) is 4.25. The van der Waals surface area contributed by atoms with Crippen molar-refractivity contribution in [3.8, 4) is 0 Å². The summed E-state index contributed by atoms with van der Waals surface area (Å²) in [5, 5.41) is 0. The van der Waals surface area contributed by atoms with Gasteiger partial charge in [-0.15, -0.1) is 0 Å². The van der Waals surface area contributed by atoms with Crippen LogP contribution in [0.5, 0.6) is 0 Å². The second-order valence-corrected chi connectivity index (χ2v) is 5.60. The summed E-state index contributed by atoms with van der Waals surface area (Å²) in [6.45, 7) is 8.21. The van der Waals surface area contributed by atoms with Crippen molar-refractivity contribution >= 4 is 19.2 Å². The molecule has 0 amide bonds. The van der Waals surface area contributed by atoms with Gasteiger partial charge in [0.25, 0.3) is 0 Å². The summed E-state index contributed by atoms with van der Waals surface area (Å²) in [5.41, 5.74) is 4.59.